The monoisotopic (exact) mass is 310 g/mol. The molecule has 0 spiro atoms. The Kier molecular flexibility index (Phi) is 3.92. The molecule has 2 heterocycles. The van der Waals surface area contributed by atoms with Crippen molar-refractivity contribution in [1.29, 1.82) is 0 Å². The smallest absolute Gasteiger partial charge is 0.356 e. The van der Waals surface area contributed by atoms with Gasteiger partial charge >= 0.3 is 6.18 Å². The molecule has 0 radical (unpaired) electrons. The summed E-state index contributed by atoms with van der Waals surface area (Å²) >= 11 is 0. The first kappa shape index (κ1) is 15.0. The molecule has 0 saturated carbocycles. The second-order valence-corrected chi connectivity index (χ2v) is 6.25. The van der Waals surface area contributed by atoms with Crippen LogP contribution < -0.4 is 4.90 Å². The maximum absolute atomic E-state index is 12.4. The summed E-state index contributed by atoms with van der Waals surface area (Å²) < 4.78 is 67.5. The number of hydrogen-bond donors (Lipinski definition) is 1. The zero-order chi connectivity index (χ0) is 15.0. The Morgan fingerprint density at radius 1 is 1.40 bits per heavy atom. The molecule has 0 unspecified atom stereocenters. The first-order valence-electron chi connectivity index (χ1n) is 5.88. The van der Waals surface area contributed by atoms with Gasteiger partial charge in [-0.25, -0.2) is 4.98 Å². The summed E-state index contributed by atoms with van der Waals surface area (Å²) in [7, 11) is -4.04. The van der Waals surface area contributed by atoms with Gasteiger partial charge in [0.1, 0.15) is 5.82 Å². The van der Waals surface area contributed by atoms with E-state index >= 15 is 0 Å². The lowest BCUT2D eigenvalue weighted by Crippen LogP contribution is -2.23. The van der Waals surface area contributed by atoms with E-state index in [1.165, 1.54) is 6.07 Å². The number of alkyl halides is 3. The van der Waals surface area contributed by atoms with Crippen molar-refractivity contribution in [2.75, 3.05) is 23.7 Å². The van der Waals surface area contributed by atoms with Gasteiger partial charge < -0.3 is 4.90 Å². The molecule has 1 saturated heterocycles. The van der Waals surface area contributed by atoms with E-state index in [1.807, 2.05) is 0 Å². The van der Waals surface area contributed by atoms with Crippen LogP contribution in [0.15, 0.2) is 18.3 Å². The molecule has 9 heteroatoms. The van der Waals surface area contributed by atoms with Crippen molar-refractivity contribution in [3.63, 3.8) is 0 Å². The van der Waals surface area contributed by atoms with Gasteiger partial charge in [-0.3, -0.25) is 4.55 Å². The van der Waals surface area contributed by atoms with Gasteiger partial charge in [0.05, 0.1) is 11.3 Å². The van der Waals surface area contributed by atoms with Gasteiger partial charge in [-0.1, -0.05) is 0 Å². The van der Waals surface area contributed by atoms with Crippen LogP contribution in [0.4, 0.5) is 19.0 Å². The number of hydrogen-bond acceptors (Lipinski definition) is 4. The van der Waals surface area contributed by atoms with Crippen molar-refractivity contribution >= 4 is 15.9 Å². The molecular formula is C11H13F3N2O3S. The maximum atomic E-state index is 12.4. The predicted molar refractivity (Wildman–Crippen MR) is 66.0 cm³/mol. The lowest BCUT2D eigenvalue weighted by molar-refractivity contribution is -0.137. The Hall–Kier alpha value is -1.35. The lowest BCUT2D eigenvalue weighted by Gasteiger charge is -2.17. The highest BCUT2D eigenvalue weighted by Gasteiger charge is 2.32. The fraction of sp³-hybridized carbons (Fsp3) is 0.545. The average Bonchev–Trinajstić information content (AvgIpc) is 2.74. The van der Waals surface area contributed by atoms with Gasteiger partial charge in [-0.05, 0) is 24.5 Å². The molecule has 0 aromatic carbocycles. The first-order chi connectivity index (χ1) is 9.15. The van der Waals surface area contributed by atoms with E-state index in [1.54, 1.807) is 4.90 Å². The number of anilines is 1. The molecule has 1 atom stereocenters. The predicted octanol–water partition coefficient (Wildman–Crippen LogP) is 1.81. The molecule has 0 amide bonds. The van der Waals surface area contributed by atoms with E-state index in [0.29, 0.717) is 25.3 Å². The number of halogens is 3. The molecule has 0 bridgehead atoms. The summed E-state index contributed by atoms with van der Waals surface area (Å²) in [5.74, 6) is -0.214. The number of rotatable bonds is 3. The minimum atomic E-state index is -4.43. The zero-order valence-corrected chi connectivity index (χ0v) is 11.2. The molecule has 1 aromatic heterocycles. The standard InChI is InChI=1S/C11H13F3N2O3S/c12-11(13,14)9-1-2-10(15-5-9)16-4-3-8(6-16)7-20(17,18)19/h1-2,5,8H,3-4,6-7H2,(H,17,18,19)/t8-/m1/s1. The second-order valence-electron chi connectivity index (χ2n) is 4.75. The molecule has 0 aliphatic carbocycles. The highest BCUT2D eigenvalue weighted by atomic mass is 32.2. The highest BCUT2D eigenvalue weighted by molar-refractivity contribution is 7.85. The van der Waals surface area contributed by atoms with Crippen molar-refractivity contribution in [2.24, 2.45) is 5.92 Å². The third-order valence-corrected chi connectivity index (χ3v) is 4.02. The van der Waals surface area contributed by atoms with E-state index in [2.05, 4.69) is 4.98 Å². The van der Waals surface area contributed by atoms with Crippen molar-refractivity contribution in [3.8, 4) is 0 Å². The van der Waals surface area contributed by atoms with Crippen LogP contribution in [0.5, 0.6) is 0 Å². The van der Waals surface area contributed by atoms with Crippen LogP contribution in [0, 0.1) is 5.92 Å². The molecule has 112 valence electrons. The summed E-state index contributed by atoms with van der Waals surface area (Å²) in [6.45, 7) is 0.844. The van der Waals surface area contributed by atoms with Crippen LogP contribution >= 0.6 is 0 Å². The van der Waals surface area contributed by atoms with Gasteiger partial charge in [0.25, 0.3) is 10.1 Å². The number of pyridine rings is 1. The van der Waals surface area contributed by atoms with Crippen LogP contribution in [0.3, 0.4) is 0 Å². The van der Waals surface area contributed by atoms with Crippen LogP contribution in [-0.2, 0) is 16.3 Å². The molecule has 1 N–H and O–H groups in total. The van der Waals surface area contributed by atoms with E-state index in [9.17, 15) is 21.6 Å². The SMILES string of the molecule is O=S(=O)(O)C[C@@H]1CCN(c2ccc(C(F)(F)F)cn2)C1. The van der Waals surface area contributed by atoms with Gasteiger partial charge in [-0.2, -0.15) is 21.6 Å². The Morgan fingerprint density at radius 2 is 2.10 bits per heavy atom. The Morgan fingerprint density at radius 3 is 2.60 bits per heavy atom. The second kappa shape index (κ2) is 5.21. The highest BCUT2D eigenvalue weighted by Crippen LogP contribution is 2.30. The normalized spacial score (nSPS) is 20.4. The Bertz CT molecular complexity index is 572. The Labute approximate surface area is 114 Å². The summed E-state index contributed by atoms with van der Waals surface area (Å²) in [6.07, 6.45) is -3.13. The zero-order valence-electron chi connectivity index (χ0n) is 10.3. The van der Waals surface area contributed by atoms with Gasteiger partial charge in [-0.15, -0.1) is 0 Å². The van der Waals surface area contributed by atoms with Gasteiger partial charge in [0, 0.05) is 19.3 Å². The molecule has 20 heavy (non-hydrogen) atoms. The molecule has 1 aliphatic heterocycles. The van der Waals surface area contributed by atoms with Crippen LogP contribution in [0.25, 0.3) is 0 Å². The van der Waals surface area contributed by atoms with Crippen LogP contribution in [0.1, 0.15) is 12.0 Å². The van der Waals surface area contributed by atoms with Gasteiger partial charge in [0.15, 0.2) is 0 Å². The molecule has 1 fully saturated rings. The summed E-state index contributed by atoms with van der Waals surface area (Å²) in [5.41, 5.74) is -0.824. The van der Waals surface area contributed by atoms with E-state index in [0.717, 1.165) is 12.3 Å². The summed E-state index contributed by atoms with van der Waals surface area (Å²) in [6, 6.07) is 2.21. The summed E-state index contributed by atoms with van der Waals surface area (Å²) in [4.78, 5) is 5.46. The topological polar surface area (TPSA) is 70.5 Å². The van der Waals surface area contributed by atoms with Crippen molar-refractivity contribution in [3.05, 3.63) is 23.9 Å². The molecule has 2 rings (SSSR count). The molecule has 5 nitrogen and oxygen atoms in total. The minimum Gasteiger partial charge on any atom is -0.356 e. The minimum absolute atomic E-state index is 0.242. The molecule has 1 aromatic rings. The van der Waals surface area contributed by atoms with E-state index < -0.39 is 21.9 Å². The number of aromatic nitrogens is 1. The first-order valence-corrected chi connectivity index (χ1v) is 7.49. The summed E-state index contributed by atoms with van der Waals surface area (Å²) in [5, 5.41) is 0. The van der Waals surface area contributed by atoms with Gasteiger partial charge in [0.2, 0.25) is 0 Å². The Balaban J connectivity index is 2.04. The molecular weight excluding hydrogens is 297 g/mol. The number of nitrogens with zero attached hydrogens (tertiary/aromatic N) is 2. The van der Waals surface area contributed by atoms with Crippen LogP contribution in [-0.4, -0.2) is 36.8 Å². The fourth-order valence-electron chi connectivity index (χ4n) is 2.22. The quantitative estimate of drug-likeness (QED) is 0.862. The van der Waals surface area contributed by atoms with Crippen molar-refractivity contribution < 1.29 is 26.1 Å². The fourth-order valence-corrected chi connectivity index (χ4v) is 3.08. The van der Waals surface area contributed by atoms with Crippen LogP contribution in [0.2, 0.25) is 0 Å². The maximum Gasteiger partial charge on any atom is 0.417 e. The molecule has 1 aliphatic rings. The van der Waals surface area contributed by atoms with Crippen molar-refractivity contribution in [2.45, 2.75) is 12.6 Å². The van der Waals surface area contributed by atoms with Crippen molar-refractivity contribution in [1.82, 2.24) is 4.98 Å². The lowest BCUT2D eigenvalue weighted by atomic mass is 10.2. The van der Waals surface area contributed by atoms with E-state index in [-0.39, 0.29) is 11.7 Å². The third kappa shape index (κ3) is 3.83. The largest absolute Gasteiger partial charge is 0.417 e. The average molecular weight is 310 g/mol. The van der Waals surface area contributed by atoms with E-state index in [4.69, 9.17) is 4.55 Å². The third-order valence-electron chi connectivity index (χ3n) is 3.13.